The first kappa shape index (κ1) is 12.3. The van der Waals surface area contributed by atoms with Crippen LogP contribution in [-0.4, -0.2) is 9.97 Å². The van der Waals surface area contributed by atoms with E-state index in [1.54, 1.807) is 19.1 Å². The van der Waals surface area contributed by atoms with Crippen molar-refractivity contribution in [2.45, 2.75) is 6.92 Å². The Morgan fingerprint density at radius 2 is 2.12 bits per heavy atom. The number of halogens is 3. The molecule has 0 amide bonds. The van der Waals surface area contributed by atoms with Gasteiger partial charge in [0.2, 0.25) is 5.88 Å². The van der Waals surface area contributed by atoms with Crippen molar-refractivity contribution in [2.24, 2.45) is 0 Å². The molecule has 0 saturated heterocycles. The molecule has 0 atom stereocenters. The summed E-state index contributed by atoms with van der Waals surface area (Å²) in [5.74, 6) is 0.200. The van der Waals surface area contributed by atoms with Crippen LogP contribution in [0.3, 0.4) is 0 Å². The standard InChI is InChI=1S/C11H7BrClFN2O/c1-6-15-9(12)5-10(16-6)17-8-4-2-3-7(13)11(8)14/h2-5H,1H3. The fraction of sp³-hybridized carbons (Fsp3) is 0.0909. The average molecular weight is 318 g/mol. The predicted octanol–water partition coefficient (Wildman–Crippen LogP) is 4.13. The van der Waals surface area contributed by atoms with E-state index < -0.39 is 5.82 Å². The molecular weight excluding hydrogens is 310 g/mol. The lowest BCUT2D eigenvalue weighted by Gasteiger charge is -2.07. The predicted molar refractivity (Wildman–Crippen MR) is 66.0 cm³/mol. The number of aryl methyl sites for hydroxylation is 1. The van der Waals surface area contributed by atoms with Crippen LogP contribution in [0.2, 0.25) is 5.02 Å². The van der Waals surface area contributed by atoms with Crippen LogP contribution in [0.5, 0.6) is 11.6 Å². The first-order valence-corrected chi connectivity index (χ1v) is 5.86. The second-order valence-corrected chi connectivity index (χ2v) is 4.45. The van der Waals surface area contributed by atoms with Gasteiger partial charge >= 0.3 is 0 Å². The first-order chi connectivity index (χ1) is 8.06. The van der Waals surface area contributed by atoms with Gasteiger partial charge in [0.1, 0.15) is 10.4 Å². The van der Waals surface area contributed by atoms with Crippen molar-refractivity contribution in [1.29, 1.82) is 0 Å². The van der Waals surface area contributed by atoms with E-state index in [1.165, 1.54) is 12.1 Å². The van der Waals surface area contributed by atoms with Crippen LogP contribution in [0.4, 0.5) is 4.39 Å². The number of hydrogen-bond acceptors (Lipinski definition) is 3. The molecule has 2 aromatic rings. The lowest BCUT2D eigenvalue weighted by atomic mass is 10.3. The molecule has 0 aliphatic rings. The SMILES string of the molecule is Cc1nc(Br)cc(Oc2cccc(Cl)c2F)n1. The maximum Gasteiger partial charge on any atom is 0.223 e. The number of aromatic nitrogens is 2. The summed E-state index contributed by atoms with van der Waals surface area (Å²) in [6.45, 7) is 1.71. The fourth-order valence-electron chi connectivity index (χ4n) is 1.23. The van der Waals surface area contributed by atoms with Gasteiger partial charge in [-0.15, -0.1) is 0 Å². The third-order valence-corrected chi connectivity index (χ3v) is 2.61. The molecule has 17 heavy (non-hydrogen) atoms. The minimum Gasteiger partial charge on any atom is -0.436 e. The quantitative estimate of drug-likeness (QED) is 0.781. The van der Waals surface area contributed by atoms with E-state index in [-0.39, 0.29) is 16.7 Å². The van der Waals surface area contributed by atoms with Crippen LogP contribution in [-0.2, 0) is 0 Å². The molecule has 2 rings (SSSR count). The normalized spacial score (nSPS) is 10.4. The lowest BCUT2D eigenvalue weighted by molar-refractivity contribution is 0.425. The highest BCUT2D eigenvalue weighted by molar-refractivity contribution is 9.10. The van der Waals surface area contributed by atoms with Crippen LogP contribution in [0.25, 0.3) is 0 Å². The molecular formula is C11H7BrClFN2O. The summed E-state index contributed by atoms with van der Waals surface area (Å²) in [6.07, 6.45) is 0. The van der Waals surface area contributed by atoms with E-state index in [1.807, 2.05) is 0 Å². The van der Waals surface area contributed by atoms with Gasteiger partial charge in [0.25, 0.3) is 0 Å². The number of ether oxygens (including phenoxy) is 1. The fourth-order valence-corrected chi connectivity index (χ4v) is 1.85. The molecule has 0 bridgehead atoms. The largest absolute Gasteiger partial charge is 0.436 e. The van der Waals surface area contributed by atoms with Gasteiger partial charge in [-0.25, -0.2) is 9.37 Å². The molecule has 1 aromatic carbocycles. The van der Waals surface area contributed by atoms with Crippen LogP contribution in [0.1, 0.15) is 5.82 Å². The molecule has 0 unspecified atom stereocenters. The highest BCUT2D eigenvalue weighted by atomic mass is 79.9. The van der Waals surface area contributed by atoms with Crippen molar-refractivity contribution in [2.75, 3.05) is 0 Å². The van der Waals surface area contributed by atoms with E-state index in [0.29, 0.717) is 10.4 Å². The smallest absolute Gasteiger partial charge is 0.223 e. The molecule has 1 aromatic heterocycles. The molecule has 0 aliphatic carbocycles. The molecule has 1 heterocycles. The van der Waals surface area contributed by atoms with Crippen molar-refractivity contribution < 1.29 is 9.13 Å². The Hall–Kier alpha value is -1.20. The lowest BCUT2D eigenvalue weighted by Crippen LogP contribution is -1.95. The number of nitrogens with zero attached hydrogens (tertiary/aromatic N) is 2. The summed E-state index contributed by atoms with van der Waals surface area (Å²) >= 11 is 8.85. The van der Waals surface area contributed by atoms with Crippen LogP contribution < -0.4 is 4.74 Å². The Kier molecular flexibility index (Phi) is 3.59. The van der Waals surface area contributed by atoms with Gasteiger partial charge in [-0.3, -0.25) is 0 Å². The summed E-state index contributed by atoms with van der Waals surface area (Å²) in [7, 11) is 0. The van der Waals surface area contributed by atoms with Crippen molar-refractivity contribution in [1.82, 2.24) is 9.97 Å². The van der Waals surface area contributed by atoms with Crippen LogP contribution in [0.15, 0.2) is 28.9 Å². The minimum atomic E-state index is -0.610. The van der Waals surface area contributed by atoms with Crippen molar-refractivity contribution in [3.8, 4) is 11.6 Å². The highest BCUT2D eigenvalue weighted by Crippen LogP contribution is 2.28. The highest BCUT2D eigenvalue weighted by Gasteiger charge is 2.10. The van der Waals surface area contributed by atoms with Crippen LogP contribution in [0, 0.1) is 12.7 Å². The van der Waals surface area contributed by atoms with E-state index in [0.717, 1.165) is 0 Å². The molecule has 6 heteroatoms. The maximum atomic E-state index is 13.6. The minimum absolute atomic E-state index is 0.00680. The number of rotatable bonds is 2. The molecule has 0 spiro atoms. The monoisotopic (exact) mass is 316 g/mol. The first-order valence-electron chi connectivity index (χ1n) is 4.69. The second kappa shape index (κ2) is 4.98. The van der Waals surface area contributed by atoms with E-state index in [9.17, 15) is 4.39 Å². The van der Waals surface area contributed by atoms with Crippen molar-refractivity contribution >= 4 is 27.5 Å². The van der Waals surface area contributed by atoms with Crippen LogP contribution >= 0.6 is 27.5 Å². The van der Waals surface area contributed by atoms with E-state index >= 15 is 0 Å². The molecule has 0 radical (unpaired) electrons. The van der Waals surface area contributed by atoms with Crippen molar-refractivity contribution in [3.63, 3.8) is 0 Å². The summed E-state index contributed by atoms with van der Waals surface area (Å²) in [6, 6.07) is 6.08. The zero-order chi connectivity index (χ0) is 12.4. The van der Waals surface area contributed by atoms with Gasteiger partial charge in [-0.05, 0) is 35.0 Å². The maximum absolute atomic E-state index is 13.6. The van der Waals surface area contributed by atoms with Gasteiger partial charge in [0, 0.05) is 6.07 Å². The summed E-state index contributed by atoms with van der Waals surface area (Å²) in [5, 5.41) is 0.00680. The van der Waals surface area contributed by atoms with Gasteiger partial charge in [0.05, 0.1) is 5.02 Å². The van der Waals surface area contributed by atoms with Gasteiger partial charge < -0.3 is 4.74 Å². The molecule has 88 valence electrons. The third-order valence-electron chi connectivity index (χ3n) is 1.91. The number of hydrogen-bond donors (Lipinski definition) is 0. The summed E-state index contributed by atoms with van der Waals surface area (Å²) in [4.78, 5) is 8.05. The van der Waals surface area contributed by atoms with Gasteiger partial charge in [0.15, 0.2) is 11.6 Å². The number of benzene rings is 1. The third kappa shape index (κ3) is 2.92. The second-order valence-electron chi connectivity index (χ2n) is 3.23. The topological polar surface area (TPSA) is 35.0 Å². The molecule has 0 fully saturated rings. The van der Waals surface area contributed by atoms with E-state index in [2.05, 4.69) is 25.9 Å². The summed E-state index contributed by atoms with van der Waals surface area (Å²) in [5.41, 5.74) is 0. The summed E-state index contributed by atoms with van der Waals surface area (Å²) < 4.78 is 19.5. The van der Waals surface area contributed by atoms with Gasteiger partial charge in [-0.2, -0.15) is 4.98 Å². The Labute approximate surface area is 111 Å². The molecule has 0 saturated carbocycles. The molecule has 3 nitrogen and oxygen atoms in total. The van der Waals surface area contributed by atoms with Gasteiger partial charge in [-0.1, -0.05) is 17.7 Å². The van der Waals surface area contributed by atoms with Crippen molar-refractivity contribution in [3.05, 3.63) is 45.5 Å². The molecule has 0 aliphatic heterocycles. The average Bonchev–Trinajstić information content (AvgIpc) is 2.23. The zero-order valence-electron chi connectivity index (χ0n) is 8.75. The molecule has 0 N–H and O–H groups in total. The Morgan fingerprint density at radius 3 is 2.82 bits per heavy atom. The zero-order valence-corrected chi connectivity index (χ0v) is 11.1. The van der Waals surface area contributed by atoms with E-state index in [4.69, 9.17) is 16.3 Å². The Morgan fingerprint density at radius 1 is 1.35 bits per heavy atom. The Bertz CT molecular complexity index is 545. The Balaban J connectivity index is 2.34.